The summed E-state index contributed by atoms with van der Waals surface area (Å²) in [5.74, 6) is 0.477. The lowest BCUT2D eigenvalue weighted by Gasteiger charge is -2.05. The maximum Gasteiger partial charge on any atom is 0.232 e. The molecule has 0 amide bonds. The molecule has 20 heavy (non-hydrogen) atoms. The number of rotatable bonds is 7. The van der Waals surface area contributed by atoms with Gasteiger partial charge < -0.3 is 4.74 Å². The third-order valence-electron chi connectivity index (χ3n) is 3.15. The average molecular weight is 277 g/mol. The number of aryl methyl sites for hydroxylation is 1. The second-order valence-corrected chi connectivity index (χ2v) is 4.72. The lowest BCUT2D eigenvalue weighted by molar-refractivity contribution is 0.327. The van der Waals surface area contributed by atoms with Crippen LogP contribution in [0.4, 0.5) is 4.39 Å². The molecule has 0 fully saturated rings. The van der Waals surface area contributed by atoms with E-state index in [0.717, 1.165) is 30.6 Å². The van der Waals surface area contributed by atoms with E-state index in [2.05, 4.69) is 17.0 Å². The summed E-state index contributed by atoms with van der Waals surface area (Å²) < 4.78 is 19.7. The van der Waals surface area contributed by atoms with Crippen LogP contribution in [0.2, 0.25) is 0 Å². The van der Waals surface area contributed by atoms with Gasteiger partial charge in [0.05, 0.1) is 18.2 Å². The molecule has 2 rings (SSSR count). The minimum atomic E-state index is 0.225. The summed E-state index contributed by atoms with van der Waals surface area (Å²) in [4.78, 5) is 4.49. The number of ether oxygens (including phenoxy) is 1. The van der Waals surface area contributed by atoms with Gasteiger partial charge in [0.25, 0.3) is 0 Å². The number of imidazole rings is 1. The monoisotopic (exact) mass is 277 g/mol. The topological polar surface area (TPSA) is 39.4 Å². The standard InChI is InChI=1S/C15H20FN3O/c1-3-5-6-13-10-19-14(17-13)7-8-15(18-19)20-11-12(4-2)9-16/h7-10H,3-6,11H2,1-2H3/b12-9+. The van der Waals surface area contributed by atoms with Crippen molar-refractivity contribution in [1.82, 2.24) is 14.6 Å². The molecule has 0 N–H and O–H groups in total. The largest absolute Gasteiger partial charge is 0.472 e. The maximum atomic E-state index is 12.5. The van der Waals surface area contributed by atoms with Crippen molar-refractivity contribution in [3.8, 4) is 5.88 Å². The van der Waals surface area contributed by atoms with Crippen LogP contribution in [-0.4, -0.2) is 21.2 Å². The molecule has 0 bridgehead atoms. The predicted molar refractivity (Wildman–Crippen MR) is 76.6 cm³/mol. The summed E-state index contributed by atoms with van der Waals surface area (Å²) in [6, 6.07) is 3.63. The van der Waals surface area contributed by atoms with Gasteiger partial charge in [0, 0.05) is 6.07 Å². The Bertz CT molecular complexity index is 592. The van der Waals surface area contributed by atoms with Crippen molar-refractivity contribution in [2.45, 2.75) is 39.5 Å². The molecular weight excluding hydrogens is 257 g/mol. The lowest BCUT2D eigenvalue weighted by Crippen LogP contribution is -2.03. The first-order valence-corrected chi connectivity index (χ1v) is 7.03. The fourth-order valence-corrected chi connectivity index (χ4v) is 1.85. The van der Waals surface area contributed by atoms with Crippen molar-refractivity contribution >= 4 is 5.65 Å². The van der Waals surface area contributed by atoms with Crippen LogP contribution in [0.5, 0.6) is 5.88 Å². The normalized spacial score (nSPS) is 12.1. The number of hydrogen-bond donors (Lipinski definition) is 0. The van der Waals surface area contributed by atoms with Gasteiger partial charge in [-0.25, -0.2) is 13.9 Å². The van der Waals surface area contributed by atoms with Crippen LogP contribution >= 0.6 is 0 Å². The summed E-state index contributed by atoms with van der Waals surface area (Å²) >= 11 is 0. The van der Waals surface area contributed by atoms with E-state index >= 15 is 0 Å². The zero-order valence-corrected chi connectivity index (χ0v) is 12.0. The third kappa shape index (κ3) is 3.56. The summed E-state index contributed by atoms with van der Waals surface area (Å²) in [5.41, 5.74) is 2.45. The number of unbranched alkanes of at least 4 members (excludes halogenated alkanes) is 1. The van der Waals surface area contributed by atoms with E-state index < -0.39 is 0 Å². The van der Waals surface area contributed by atoms with Gasteiger partial charge in [-0.3, -0.25) is 0 Å². The number of aromatic nitrogens is 3. The van der Waals surface area contributed by atoms with E-state index in [4.69, 9.17) is 4.74 Å². The number of hydrogen-bond acceptors (Lipinski definition) is 3. The summed E-state index contributed by atoms with van der Waals surface area (Å²) in [6.07, 6.45) is 6.37. The van der Waals surface area contributed by atoms with Gasteiger partial charge in [-0.2, -0.15) is 0 Å². The van der Waals surface area contributed by atoms with Gasteiger partial charge in [0.15, 0.2) is 5.65 Å². The highest BCUT2D eigenvalue weighted by atomic mass is 19.1. The van der Waals surface area contributed by atoms with E-state index in [0.29, 0.717) is 24.2 Å². The summed E-state index contributed by atoms with van der Waals surface area (Å²) in [6.45, 7) is 4.27. The van der Waals surface area contributed by atoms with Crippen molar-refractivity contribution in [3.63, 3.8) is 0 Å². The highest BCUT2D eigenvalue weighted by molar-refractivity contribution is 5.39. The van der Waals surface area contributed by atoms with E-state index in [1.807, 2.05) is 19.2 Å². The minimum absolute atomic E-state index is 0.225. The molecule has 0 saturated heterocycles. The molecule has 0 atom stereocenters. The van der Waals surface area contributed by atoms with Crippen LogP contribution < -0.4 is 4.74 Å². The van der Waals surface area contributed by atoms with Crippen molar-refractivity contribution in [2.75, 3.05) is 6.61 Å². The Balaban J connectivity index is 2.08. The first kappa shape index (κ1) is 14.5. The third-order valence-corrected chi connectivity index (χ3v) is 3.15. The van der Waals surface area contributed by atoms with E-state index in [-0.39, 0.29) is 6.61 Å². The molecule has 0 aromatic carbocycles. The highest BCUT2D eigenvalue weighted by Gasteiger charge is 2.05. The SMILES string of the molecule is CCCCc1cn2nc(OC/C(=C/F)CC)ccc2n1. The van der Waals surface area contributed by atoms with Crippen molar-refractivity contribution in [1.29, 1.82) is 0 Å². The zero-order chi connectivity index (χ0) is 14.4. The molecule has 5 heteroatoms. The summed E-state index contributed by atoms with van der Waals surface area (Å²) in [7, 11) is 0. The van der Waals surface area contributed by atoms with Gasteiger partial charge in [-0.15, -0.1) is 5.10 Å². The summed E-state index contributed by atoms with van der Waals surface area (Å²) in [5, 5.41) is 4.33. The Morgan fingerprint density at radius 1 is 1.40 bits per heavy atom. The molecule has 2 aromatic rings. The molecule has 2 aromatic heterocycles. The Morgan fingerprint density at radius 3 is 2.95 bits per heavy atom. The van der Waals surface area contributed by atoms with Crippen LogP contribution in [-0.2, 0) is 6.42 Å². The first-order chi connectivity index (χ1) is 9.76. The molecule has 0 radical (unpaired) electrons. The lowest BCUT2D eigenvalue weighted by atomic mass is 10.2. The molecule has 0 aliphatic rings. The molecule has 2 heterocycles. The highest BCUT2D eigenvalue weighted by Crippen LogP contribution is 2.13. The number of nitrogens with zero attached hydrogens (tertiary/aromatic N) is 3. The maximum absolute atomic E-state index is 12.5. The molecule has 108 valence electrons. The second-order valence-electron chi connectivity index (χ2n) is 4.72. The van der Waals surface area contributed by atoms with Gasteiger partial charge in [-0.1, -0.05) is 20.3 Å². The van der Waals surface area contributed by atoms with Crippen LogP contribution in [0, 0.1) is 0 Å². The molecule has 0 aliphatic heterocycles. The van der Waals surface area contributed by atoms with Crippen LogP contribution in [0.15, 0.2) is 30.2 Å². The Hall–Kier alpha value is -1.91. The zero-order valence-electron chi connectivity index (χ0n) is 12.0. The van der Waals surface area contributed by atoms with Crippen LogP contribution in [0.3, 0.4) is 0 Å². The first-order valence-electron chi connectivity index (χ1n) is 7.03. The van der Waals surface area contributed by atoms with Crippen molar-refractivity contribution in [3.05, 3.63) is 35.9 Å². The number of fused-ring (bicyclic) bond motifs is 1. The van der Waals surface area contributed by atoms with Gasteiger partial charge >= 0.3 is 0 Å². The van der Waals surface area contributed by atoms with Gasteiger partial charge in [-0.05, 0) is 30.9 Å². The quantitative estimate of drug-likeness (QED) is 0.774. The Kier molecular flexibility index (Phi) is 5.09. The second kappa shape index (κ2) is 7.03. The van der Waals surface area contributed by atoms with Crippen molar-refractivity contribution < 1.29 is 9.13 Å². The molecule has 0 unspecified atom stereocenters. The fraction of sp³-hybridized carbons (Fsp3) is 0.467. The average Bonchev–Trinajstić information content (AvgIpc) is 2.88. The molecule has 4 nitrogen and oxygen atoms in total. The fourth-order valence-electron chi connectivity index (χ4n) is 1.85. The molecular formula is C15H20FN3O. The van der Waals surface area contributed by atoms with E-state index in [1.54, 1.807) is 10.6 Å². The number of halogens is 1. The van der Waals surface area contributed by atoms with Crippen molar-refractivity contribution in [2.24, 2.45) is 0 Å². The van der Waals surface area contributed by atoms with Gasteiger partial charge in [0.2, 0.25) is 5.88 Å². The van der Waals surface area contributed by atoms with Crippen LogP contribution in [0.1, 0.15) is 38.8 Å². The Morgan fingerprint density at radius 2 is 2.25 bits per heavy atom. The van der Waals surface area contributed by atoms with E-state index in [9.17, 15) is 4.39 Å². The smallest absolute Gasteiger partial charge is 0.232 e. The predicted octanol–water partition coefficient (Wildman–Crippen LogP) is 3.71. The molecule has 0 aliphatic carbocycles. The van der Waals surface area contributed by atoms with Crippen LogP contribution in [0.25, 0.3) is 5.65 Å². The molecule has 0 spiro atoms. The minimum Gasteiger partial charge on any atom is -0.472 e. The van der Waals surface area contributed by atoms with E-state index in [1.165, 1.54) is 0 Å². The van der Waals surface area contributed by atoms with Gasteiger partial charge in [0.1, 0.15) is 6.61 Å². The Labute approximate surface area is 118 Å². The molecule has 0 saturated carbocycles.